The Bertz CT molecular complexity index is 897. The van der Waals surface area contributed by atoms with Crippen molar-refractivity contribution >= 4 is 16.5 Å². The first-order chi connectivity index (χ1) is 10.2. The molecule has 1 heterocycles. The molecular weight excluding hydrogens is 266 g/mol. The van der Waals surface area contributed by atoms with E-state index in [-0.39, 0.29) is 5.69 Å². The monoisotopic (exact) mass is 275 g/mol. The maximum atomic E-state index is 11.3. The van der Waals surface area contributed by atoms with E-state index in [2.05, 4.69) is 11.1 Å². The van der Waals surface area contributed by atoms with E-state index >= 15 is 0 Å². The van der Waals surface area contributed by atoms with Gasteiger partial charge in [0, 0.05) is 23.8 Å². The summed E-state index contributed by atoms with van der Waals surface area (Å²) in [6.45, 7) is 0. The Balaban J connectivity index is 2.28. The number of pyridine rings is 1. The first kappa shape index (κ1) is 12.8. The van der Waals surface area contributed by atoms with Crippen LogP contribution in [0.3, 0.4) is 0 Å². The quantitative estimate of drug-likeness (QED) is 0.527. The molecule has 3 aromatic rings. The minimum Gasteiger partial charge on any atom is -0.264 e. The molecule has 0 amide bonds. The molecular formula is C16H9N3O2. The summed E-state index contributed by atoms with van der Waals surface area (Å²) in [5, 5.41) is 21.5. The van der Waals surface area contributed by atoms with Crippen molar-refractivity contribution in [2.24, 2.45) is 0 Å². The van der Waals surface area contributed by atoms with Crippen LogP contribution in [-0.2, 0) is 0 Å². The molecule has 2 aromatic carbocycles. The molecule has 0 aliphatic carbocycles. The summed E-state index contributed by atoms with van der Waals surface area (Å²) < 4.78 is 0. The van der Waals surface area contributed by atoms with E-state index in [0.29, 0.717) is 21.9 Å². The van der Waals surface area contributed by atoms with Gasteiger partial charge in [-0.05, 0) is 35.4 Å². The molecule has 0 aliphatic heterocycles. The van der Waals surface area contributed by atoms with Crippen LogP contribution in [0.2, 0.25) is 0 Å². The normalized spacial score (nSPS) is 10.2. The highest BCUT2D eigenvalue weighted by atomic mass is 16.6. The predicted molar refractivity (Wildman–Crippen MR) is 78.5 cm³/mol. The molecule has 5 nitrogen and oxygen atoms in total. The number of hydrogen-bond acceptors (Lipinski definition) is 4. The Morgan fingerprint density at radius 2 is 2.00 bits per heavy atom. The third-order valence-electron chi connectivity index (χ3n) is 3.25. The molecule has 0 unspecified atom stereocenters. The van der Waals surface area contributed by atoms with Gasteiger partial charge in [0.15, 0.2) is 0 Å². The molecule has 0 fully saturated rings. The average molecular weight is 275 g/mol. The van der Waals surface area contributed by atoms with Crippen molar-refractivity contribution in [1.29, 1.82) is 5.26 Å². The van der Waals surface area contributed by atoms with Crippen molar-refractivity contribution < 1.29 is 4.92 Å². The average Bonchev–Trinajstić information content (AvgIpc) is 2.53. The van der Waals surface area contributed by atoms with Crippen LogP contribution in [0, 0.1) is 21.4 Å². The minimum absolute atomic E-state index is 0.0345. The summed E-state index contributed by atoms with van der Waals surface area (Å²) in [6.07, 6.45) is 3.13. The summed E-state index contributed by atoms with van der Waals surface area (Å²) >= 11 is 0. The molecule has 0 radical (unpaired) electrons. The number of hydrogen-bond donors (Lipinski definition) is 0. The molecule has 3 rings (SSSR count). The summed E-state index contributed by atoms with van der Waals surface area (Å²) in [5.41, 5.74) is 2.01. The largest absolute Gasteiger partial charge is 0.277 e. The Morgan fingerprint density at radius 1 is 1.14 bits per heavy atom. The Kier molecular flexibility index (Phi) is 3.05. The number of aromatic nitrogens is 1. The highest BCUT2D eigenvalue weighted by molar-refractivity contribution is 5.94. The van der Waals surface area contributed by atoms with Gasteiger partial charge in [-0.3, -0.25) is 15.1 Å². The number of nitro benzene ring substituents is 1. The first-order valence-electron chi connectivity index (χ1n) is 6.22. The fourth-order valence-corrected chi connectivity index (χ4v) is 2.28. The Morgan fingerprint density at radius 3 is 2.76 bits per heavy atom. The summed E-state index contributed by atoms with van der Waals surface area (Å²) in [6, 6.07) is 14.0. The number of non-ortho nitro benzene ring substituents is 1. The third kappa shape index (κ3) is 2.30. The van der Waals surface area contributed by atoms with Crippen LogP contribution >= 0.6 is 0 Å². The van der Waals surface area contributed by atoms with E-state index in [0.717, 1.165) is 5.56 Å². The molecule has 100 valence electrons. The zero-order chi connectivity index (χ0) is 14.8. The summed E-state index contributed by atoms with van der Waals surface area (Å²) in [7, 11) is 0. The van der Waals surface area contributed by atoms with Crippen molar-refractivity contribution in [3.05, 3.63) is 70.5 Å². The minimum atomic E-state index is -0.403. The van der Waals surface area contributed by atoms with Gasteiger partial charge in [0.1, 0.15) is 0 Å². The van der Waals surface area contributed by atoms with Crippen molar-refractivity contribution in [1.82, 2.24) is 4.98 Å². The van der Waals surface area contributed by atoms with Crippen LogP contribution in [-0.4, -0.2) is 9.91 Å². The lowest BCUT2D eigenvalue weighted by molar-refractivity contribution is -0.383. The number of nitrogens with zero attached hydrogens (tertiary/aromatic N) is 3. The van der Waals surface area contributed by atoms with E-state index < -0.39 is 4.92 Å². The zero-order valence-electron chi connectivity index (χ0n) is 10.9. The van der Waals surface area contributed by atoms with E-state index in [9.17, 15) is 10.1 Å². The molecule has 0 saturated heterocycles. The van der Waals surface area contributed by atoms with Crippen LogP contribution in [0.15, 0.2) is 54.9 Å². The first-order valence-corrected chi connectivity index (χ1v) is 6.22. The summed E-state index contributed by atoms with van der Waals surface area (Å²) in [4.78, 5) is 14.9. The highest BCUT2D eigenvalue weighted by Crippen LogP contribution is 2.32. The fraction of sp³-hybridized carbons (Fsp3) is 0. The van der Waals surface area contributed by atoms with E-state index in [4.69, 9.17) is 5.26 Å². The molecule has 1 aromatic heterocycles. The van der Waals surface area contributed by atoms with Gasteiger partial charge in [-0.25, -0.2) is 0 Å². The van der Waals surface area contributed by atoms with E-state index in [1.807, 2.05) is 12.1 Å². The van der Waals surface area contributed by atoms with Crippen molar-refractivity contribution in [3.63, 3.8) is 0 Å². The molecule has 21 heavy (non-hydrogen) atoms. The number of benzene rings is 2. The number of nitro groups is 1. The van der Waals surface area contributed by atoms with Gasteiger partial charge >= 0.3 is 0 Å². The molecule has 0 atom stereocenters. The Hall–Kier alpha value is -3.26. The van der Waals surface area contributed by atoms with Gasteiger partial charge in [0.2, 0.25) is 0 Å². The second-order valence-corrected chi connectivity index (χ2v) is 4.54. The van der Waals surface area contributed by atoms with E-state index in [1.54, 1.807) is 30.5 Å². The molecule has 0 N–H and O–H groups in total. The maximum absolute atomic E-state index is 11.3. The van der Waals surface area contributed by atoms with Crippen LogP contribution < -0.4 is 0 Å². The standard InChI is InChI=1S/C16H9N3O2/c17-9-11-2-1-3-12(6-11)13-7-14-10-18-5-4-15(14)16(8-13)19(20)21/h1-8,10H. The van der Waals surface area contributed by atoms with Gasteiger partial charge in [-0.2, -0.15) is 5.26 Å². The van der Waals surface area contributed by atoms with Gasteiger partial charge in [-0.15, -0.1) is 0 Å². The molecule has 5 heteroatoms. The molecule has 0 spiro atoms. The van der Waals surface area contributed by atoms with Gasteiger partial charge < -0.3 is 0 Å². The molecule has 0 aliphatic rings. The maximum Gasteiger partial charge on any atom is 0.277 e. The van der Waals surface area contributed by atoms with Crippen LogP contribution in [0.5, 0.6) is 0 Å². The van der Waals surface area contributed by atoms with Gasteiger partial charge in [0.05, 0.1) is 21.9 Å². The molecule has 0 bridgehead atoms. The third-order valence-corrected chi connectivity index (χ3v) is 3.25. The second kappa shape index (κ2) is 5.02. The summed E-state index contributed by atoms with van der Waals surface area (Å²) in [5.74, 6) is 0. The van der Waals surface area contributed by atoms with Crippen LogP contribution in [0.4, 0.5) is 5.69 Å². The number of rotatable bonds is 2. The van der Waals surface area contributed by atoms with E-state index in [1.165, 1.54) is 12.3 Å². The lowest BCUT2D eigenvalue weighted by Crippen LogP contribution is -1.91. The van der Waals surface area contributed by atoms with Crippen LogP contribution in [0.1, 0.15) is 5.56 Å². The van der Waals surface area contributed by atoms with Gasteiger partial charge in [-0.1, -0.05) is 12.1 Å². The van der Waals surface area contributed by atoms with Crippen molar-refractivity contribution in [2.75, 3.05) is 0 Å². The number of fused-ring (bicyclic) bond motifs is 1. The lowest BCUT2D eigenvalue weighted by Gasteiger charge is -2.05. The zero-order valence-corrected chi connectivity index (χ0v) is 10.9. The lowest BCUT2D eigenvalue weighted by atomic mass is 9.99. The smallest absolute Gasteiger partial charge is 0.264 e. The highest BCUT2D eigenvalue weighted by Gasteiger charge is 2.14. The number of nitriles is 1. The van der Waals surface area contributed by atoms with Crippen molar-refractivity contribution in [2.45, 2.75) is 0 Å². The fourth-order valence-electron chi connectivity index (χ4n) is 2.28. The predicted octanol–water partition coefficient (Wildman–Crippen LogP) is 3.68. The van der Waals surface area contributed by atoms with Gasteiger partial charge in [0.25, 0.3) is 5.69 Å². The van der Waals surface area contributed by atoms with Crippen LogP contribution in [0.25, 0.3) is 21.9 Å². The second-order valence-electron chi connectivity index (χ2n) is 4.54. The SMILES string of the molecule is N#Cc1cccc(-c2cc([N+](=O)[O-])c3ccncc3c2)c1. The topological polar surface area (TPSA) is 79.8 Å². The Labute approximate surface area is 120 Å². The molecule has 0 saturated carbocycles. The van der Waals surface area contributed by atoms with Crippen molar-refractivity contribution in [3.8, 4) is 17.2 Å².